The van der Waals surface area contributed by atoms with Crippen molar-refractivity contribution in [3.8, 4) is 5.75 Å². The van der Waals surface area contributed by atoms with Crippen LogP contribution in [0.3, 0.4) is 0 Å². The van der Waals surface area contributed by atoms with Gasteiger partial charge in [0.05, 0.1) is 12.8 Å². The van der Waals surface area contributed by atoms with Crippen molar-refractivity contribution in [2.24, 2.45) is 5.73 Å². The van der Waals surface area contributed by atoms with Gasteiger partial charge in [0, 0.05) is 36.5 Å². The summed E-state index contributed by atoms with van der Waals surface area (Å²) in [5.74, 6) is 0.886. The molecule has 5 heteroatoms. The van der Waals surface area contributed by atoms with Gasteiger partial charge in [0.1, 0.15) is 5.75 Å². The second kappa shape index (κ2) is 7.81. The highest BCUT2D eigenvalue weighted by molar-refractivity contribution is 5.85. The van der Waals surface area contributed by atoms with E-state index in [0.29, 0.717) is 6.04 Å². The van der Waals surface area contributed by atoms with Crippen LogP contribution in [0.25, 0.3) is 0 Å². The van der Waals surface area contributed by atoms with Crippen LogP contribution >= 0.6 is 12.4 Å². The number of aromatic nitrogens is 1. The van der Waals surface area contributed by atoms with Crippen LogP contribution in [0.15, 0.2) is 12.1 Å². The average molecular weight is 300 g/mol. The molecule has 0 saturated carbocycles. The monoisotopic (exact) mass is 299 g/mol. The predicted molar refractivity (Wildman–Crippen MR) is 84.5 cm³/mol. The van der Waals surface area contributed by atoms with Gasteiger partial charge in [-0.2, -0.15) is 0 Å². The van der Waals surface area contributed by atoms with E-state index in [1.54, 1.807) is 7.11 Å². The molecular formula is C15H26ClN3O. The SMILES string of the molecule is COc1cc(C)nc(CN2CCCCC2C(C)N)c1.Cl. The van der Waals surface area contributed by atoms with Gasteiger partial charge in [-0.25, -0.2) is 0 Å². The van der Waals surface area contributed by atoms with Crippen LogP contribution in [0.5, 0.6) is 5.75 Å². The quantitative estimate of drug-likeness (QED) is 0.928. The Labute approximate surface area is 128 Å². The lowest BCUT2D eigenvalue weighted by Gasteiger charge is -2.37. The lowest BCUT2D eigenvalue weighted by Crippen LogP contribution is -2.48. The van der Waals surface area contributed by atoms with Gasteiger partial charge in [-0.05, 0) is 33.2 Å². The lowest BCUT2D eigenvalue weighted by molar-refractivity contribution is 0.121. The Morgan fingerprint density at radius 2 is 2.20 bits per heavy atom. The molecule has 2 unspecified atom stereocenters. The van der Waals surface area contributed by atoms with E-state index >= 15 is 0 Å². The highest BCUT2D eigenvalue weighted by Gasteiger charge is 2.25. The summed E-state index contributed by atoms with van der Waals surface area (Å²) in [6, 6.07) is 4.68. The summed E-state index contributed by atoms with van der Waals surface area (Å²) in [4.78, 5) is 7.07. The van der Waals surface area contributed by atoms with Crippen LogP contribution in [0.1, 0.15) is 37.6 Å². The highest BCUT2D eigenvalue weighted by Crippen LogP contribution is 2.22. The Morgan fingerprint density at radius 1 is 1.45 bits per heavy atom. The third-order valence-electron chi connectivity index (χ3n) is 3.85. The van der Waals surface area contributed by atoms with Gasteiger partial charge in [0.2, 0.25) is 0 Å². The number of piperidine rings is 1. The summed E-state index contributed by atoms with van der Waals surface area (Å²) in [5, 5.41) is 0. The van der Waals surface area contributed by atoms with Crippen molar-refractivity contribution < 1.29 is 4.74 Å². The van der Waals surface area contributed by atoms with Gasteiger partial charge in [0.25, 0.3) is 0 Å². The van der Waals surface area contributed by atoms with Crippen LogP contribution in [0.4, 0.5) is 0 Å². The van der Waals surface area contributed by atoms with E-state index in [0.717, 1.165) is 30.2 Å². The third kappa shape index (κ3) is 4.33. The number of likely N-dealkylation sites (tertiary alicyclic amines) is 1. The number of nitrogens with two attached hydrogens (primary N) is 1. The zero-order chi connectivity index (χ0) is 13.8. The molecule has 20 heavy (non-hydrogen) atoms. The summed E-state index contributed by atoms with van der Waals surface area (Å²) >= 11 is 0. The minimum absolute atomic E-state index is 0. The molecule has 0 spiro atoms. The number of rotatable bonds is 4. The maximum absolute atomic E-state index is 6.11. The molecule has 2 N–H and O–H groups in total. The summed E-state index contributed by atoms with van der Waals surface area (Å²) in [6.45, 7) is 6.09. The first-order valence-electron chi connectivity index (χ1n) is 7.11. The Bertz CT molecular complexity index is 426. The Hall–Kier alpha value is -0.840. The number of methoxy groups -OCH3 is 1. The van der Waals surface area contributed by atoms with Crippen molar-refractivity contribution in [3.05, 3.63) is 23.5 Å². The molecule has 2 heterocycles. The van der Waals surface area contributed by atoms with Gasteiger partial charge in [-0.1, -0.05) is 6.42 Å². The number of nitrogens with zero attached hydrogens (tertiary/aromatic N) is 2. The van der Waals surface area contributed by atoms with E-state index in [-0.39, 0.29) is 18.4 Å². The van der Waals surface area contributed by atoms with Crippen LogP contribution in [-0.4, -0.2) is 35.6 Å². The summed E-state index contributed by atoms with van der Waals surface area (Å²) < 4.78 is 5.32. The van der Waals surface area contributed by atoms with E-state index in [9.17, 15) is 0 Å². The molecule has 0 aliphatic carbocycles. The molecule has 1 aromatic heterocycles. The Balaban J connectivity index is 0.00000200. The van der Waals surface area contributed by atoms with Crippen LogP contribution in [0.2, 0.25) is 0 Å². The van der Waals surface area contributed by atoms with E-state index in [1.165, 1.54) is 19.3 Å². The van der Waals surface area contributed by atoms with Crippen molar-refractivity contribution in [2.75, 3.05) is 13.7 Å². The third-order valence-corrected chi connectivity index (χ3v) is 3.85. The number of hydrogen-bond donors (Lipinski definition) is 1. The predicted octanol–water partition coefficient (Wildman–Crippen LogP) is 2.52. The topological polar surface area (TPSA) is 51.4 Å². The smallest absolute Gasteiger partial charge is 0.122 e. The van der Waals surface area contributed by atoms with Gasteiger partial charge < -0.3 is 10.5 Å². The van der Waals surface area contributed by atoms with E-state index < -0.39 is 0 Å². The molecule has 0 bridgehead atoms. The standard InChI is InChI=1S/C15H25N3O.ClH/c1-11-8-14(19-3)9-13(17-11)10-18-7-5-4-6-15(18)12(2)16;/h8-9,12,15H,4-7,10,16H2,1-3H3;1H. The molecule has 1 aromatic rings. The molecular weight excluding hydrogens is 274 g/mol. The van der Waals surface area contributed by atoms with Crippen LogP contribution < -0.4 is 10.5 Å². The fraction of sp³-hybridized carbons (Fsp3) is 0.667. The Morgan fingerprint density at radius 3 is 2.85 bits per heavy atom. The fourth-order valence-electron chi connectivity index (χ4n) is 2.92. The summed E-state index contributed by atoms with van der Waals surface area (Å²) in [5.41, 5.74) is 8.19. The molecule has 1 fully saturated rings. The lowest BCUT2D eigenvalue weighted by atomic mass is 9.97. The van der Waals surface area contributed by atoms with Gasteiger partial charge in [-0.3, -0.25) is 9.88 Å². The first-order valence-corrected chi connectivity index (χ1v) is 7.11. The maximum atomic E-state index is 6.11. The first-order chi connectivity index (χ1) is 9.10. The normalized spacial score (nSPS) is 21.1. The van der Waals surface area contributed by atoms with Crippen molar-refractivity contribution in [1.82, 2.24) is 9.88 Å². The minimum atomic E-state index is 0. The molecule has 2 rings (SSSR count). The zero-order valence-electron chi connectivity index (χ0n) is 12.6. The zero-order valence-corrected chi connectivity index (χ0v) is 13.4. The number of aryl methyl sites for hydroxylation is 1. The average Bonchev–Trinajstić information content (AvgIpc) is 2.38. The second-order valence-corrected chi connectivity index (χ2v) is 5.53. The molecule has 0 radical (unpaired) electrons. The number of halogens is 1. The van der Waals surface area contributed by atoms with Crippen LogP contribution in [0, 0.1) is 6.92 Å². The Kier molecular flexibility index (Phi) is 6.72. The molecule has 1 aliphatic heterocycles. The van der Waals surface area contributed by atoms with Crippen LogP contribution in [-0.2, 0) is 6.54 Å². The van der Waals surface area contributed by atoms with Gasteiger partial charge in [0.15, 0.2) is 0 Å². The molecule has 2 atom stereocenters. The molecule has 114 valence electrons. The number of pyridine rings is 1. The first kappa shape index (κ1) is 17.2. The molecule has 0 amide bonds. The number of hydrogen-bond acceptors (Lipinski definition) is 4. The van der Waals surface area contributed by atoms with E-state index in [2.05, 4.69) is 16.8 Å². The maximum Gasteiger partial charge on any atom is 0.122 e. The fourth-order valence-corrected chi connectivity index (χ4v) is 2.92. The number of ether oxygens (including phenoxy) is 1. The van der Waals surface area contributed by atoms with Crippen molar-refractivity contribution in [3.63, 3.8) is 0 Å². The van der Waals surface area contributed by atoms with Crippen molar-refractivity contribution in [2.45, 2.75) is 51.7 Å². The van der Waals surface area contributed by atoms with E-state index in [1.807, 2.05) is 19.1 Å². The summed E-state index contributed by atoms with van der Waals surface area (Å²) in [6.07, 6.45) is 3.74. The van der Waals surface area contributed by atoms with E-state index in [4.69, 9.17) is 10.5 Å². The van der Waals surface area contributed by atoms with Gasteiger partial charge in [-0.15, -0.1) is 12.4 Å². The largest absolute Gasteiger partial charge is 0.497 e. The molecule has 0 aromatic carbocycles. The van der Waals surface area contributed by atoms with Gasteiger partial charge >= 0.3 is 0 Å². The highest BCUT2D eigenvalue weighted by atomic mass is 35.5. The van der Waals surface area contributed by atoms with Crippen molar-refractivity contribution >= 4 is 12.4 Å². The minimum Gasteiger partial charge on any atom is -0.497 e. The molecule has 4 nitrogen and oxygen atoms in total. The second-order valence-electron chi connectivity index (χ2n) is 5.53. The summed E-state index contributed by atoms with van der Waals surface area (Å²) in [7, 11) is 1.70. The molecule has 1 saturated heterocycles. The molecule has 1 aliphatic rings. The van der Waals surface area contributed by atoms with Crippen molar-refractivity contribution in [1.29, 1.82) is 0 Å².